The highest BCUT2D eigenvalue weighted by molar-refractivity contribution is 5.96. The molecule has 2 atom stereocenters. The largest absolute Gasteiger partial charge is 0.356 e. The zero-order valence-corrected chi connectivity index (χ0v) is 15.6. The lowest BCUT2D eigenvalue weighted by molar-refractivity contribution is -0.135. The van der Waals surface area contributed by atoms with Gasteiger partial charge in [0.05, 0.1) is 11.1 Å². The van der Waals surface area contributed by atoms with Gasteiger partial charge >= 0.3 is 0 Å². The molecular formula is C18H29N3O3. The van der Waals surface area contributed by atoms with E-state index in [4.69, 9.17) is 4.52 Å². The van der Waals surface area contributed by atoms with Crippen molar-refractivity contribution >= 4 is 17.7 Å². The lowest BCUT2D eigenvalue weighted by atomic mass is 9.65. The van der Waals surface area contributed by atoms with Gasteiger partial charge in [-0.1, -0.05) is 32.9 Å². The predicted octanol–water partition coefficient (Wildman–Crippen LogP) is 3.06. The van der Waals surface area contributed by atoms with Gasteiger partial charge in [-0.05, 0) is 38.5 Å². The molecular weight excluding hydrogens is 306 g/mol. The molecule has 6 nitrogen and oxygen atoms in total. The Bertz CT molecular complexity index is 635. The first-order valence-corrected chi connectivity index (χ1v) is 8.73. The van der Waals surface area contributed by atoms with Crippen LogP contribution < -0.4 is 10.6 Å². The van der Waals surface area contributed by atoms with Gasteiger partial charge in [0.15, 0.2) is 0 Å². The Morgan fingerprint density at radius 3 is 2.50 bits per heavy atom. The summed E-state index contributed by atoms with van der Waals surface area (Å²) in [5, 5.41) is 9.77. The summed E-state index contributed by atoms with van der Waals surface area (Å²) < 4.78 is 5.28. The SMILES string of the molecule is CCNC(=O)[C@H]1CC[C@@](C)(C(=O)Nc2onc(CC)c2C)C1(C)C. The third-order valence-electron chi connectivity index (χ3n) is 5.98. The molecule has 0 unspecified atom stereocenters. The molecule has 0 spiro atoms. The number of hydrogen-bond acceptors (Lipinski definition) is 4. The standard InChI is InChI=1S/C18H29N3O3/c1-7-13-11(3)15(24-21-13)20-16(23)18(6)10-9-12(17(18,4)5)14(22)19-8-2/h12H,7-10H2,1-6H3,(H,19,22)(H,20,23)/t12-,18+/m1/s1. The third kappa shape index (κ3) is 2.82. The van der Waals surface area contributed by atoms with Crippen LogP contribution in [-0.4, -0.2) is 23.5 Å². The molecule has 134 valence electrons. The Labute approximate surface area is 143 Å². The maximum absolute atomic E-state index is 13.0. The number of amides is 2. The fourth-order valence-corrected chi connectivity index (χ4v) is 3.72. The Morgan fingerprint density at radius 1 is 1.29 bits per heavy atom. The molecule has 0 aliphatic heterocycles. The molecule has 1 aliphatic rings. The van der Waals surface area contributed by atoms with Crippen molar-refractivity contribution in [3.63, 3.8) is 0 Å². The van der Waals surface area contributed by atoms with Crippen molar-refractivity contribution in [1.29, 1.82) is 0 Å². The number of hydrogen-bond donors (Lipinski definition) is 2. The van der Waals surface area contributed by atoms with Crippen LogP contribution in [-0.2, 0) is 16.0 Å². The number of aromatic nitrogens is 1. The van der Waals surface area contributed by atoms with Gasteiger partial charge in [0.2, 0.25) is 17.7 Å². The van der Waals surface area contributed by atoms with E-state index < -0.39 is 10.8 Å². The highest BCUT2D eigenvalue weighted by atomic mass is 16.5. The predicted molar refractivity (Wildman–Crippen MR) is 92.5 cm³/mol. The number of aryl methyl sites for hydroxylation is 1. The Morgan fingerprint density at radius 2 is 1.96 bits per heavy atom. The van der Waals surface area contributed by atoms with E-state index >= 15 is 0 Å². The number of anilines is 1. The van der Waals surface area contributed by atoms with Crippen molar-refractivity contribution in [3.05, 3.63) is 11.3 Å². The van der Waals surface area contributed by atoms with Crippen molar-refractivity contribution in [1.82, 2.24) is 10.5 Å². The minimum absolute atomic E-state index is 0.0307. The summed E-state index contributed by atoms with van der Waals surface area (Å²) in [5.74, 6) is 0.162. The molecule has 1 aliphatic carbocycles. The summed E-state index contributed by atoms with van der Waals surface area (Å²) in [6, 6.07) is 0. The van der Waals surface area contributed by atoms with Crippen LogP contribution in [0.1, 0.15) is 58.7 Å². The minimum atomic E-state index is -0.644. The van der Waals surface area contributed by atoms with Crippen molar-refractivity contribution in [2.24, 2.45) is 16.7 Å². The molecule has 24 heavy (non-hydrogen) atoms. The van der Waals surface area contributed by atoms with Crippen LogP contribution in [0, 0.1) is 23.7 Å². The fraction of sp³-hybridized carbons (Fsp3) is 0.722. The molecule has 1 saturated carbocycles. The molecule has 2 N–H and O–H groups in total. The highest BCUT2D eigenvalue weighted by Crippen LogP contribution is 2.56. The zero-order valence-electron chi connectivity index (χ0n) is 15.6. The van der Waals surface area contributed by atoms with Crippen molar-refractivity contribution < 1.29 is 14.1 Å². The molecule has 2 rings (SSSR count). The summed E-state index contributed by atoms with van der Waals surface area (Å²) in [6.07, 6.45) is 2.13. The second kappa shape index (κ2) is 6.57. The summed E-state index contributed by atoms with van der Waals surface area (Å²) in [6.45, 7) is 12.3. The average Bonchev–Trinajstić information content (AvgIpc) is 2.98. The number of nitrogens with zero attached hydrogens (tertiary/aromatic N) is 1. The highest BCUT2D eigenvalue weighted by Gasteiger charge is 2.58. The van der Waals surface area contributed by atoms with Gasteiger partial charge in [0.25, 0.3) is 0 Å². The van der Waals surface area contributed by atoms with Gasteiger partial charge in [-0.3, -0.25) is 14.9 Å². The number of nitrogens with one attached hydrogen (secondary N) is 2. The van der Waals surface area contributed by atoms with Gasteiger partial charge in [-0.15, -0.1) is 0 Å². The molecule has 0 aromatic carbocycles. The average molecular weight is 335 g/mol. The third-order valence-corrected chi connectivity index (χ3v) is 5.98. The van der Waals surface area contributed by atoms with E-state index in [2.05, 4.69) is 15.8 Å². The Kier molecular flexibility index (Phi) is 5.06. The van der Waals surface area contributed by atoms with Crippen LogP contribution in [0.25, 0.3) is 0 Å². The Balaban J connectivity index is 2.21. The molecule has 2 amide bonds. The minimum Gasteiger partial charge on any atom is -0.356 e. The maximum Gasteiger partial charge on any atom is 0.234 e. The van der Waals surface area contributed by atoms with Gasteiger partial charge in [0.1, 0.15) is 0 Å². The fourth-order valence-electron chi connectivity index (χ4n) is 3.72. The van der Waals surface area contributed by atoms with Gasteiger partial charge in [-0.25, -0.2) is 0 Å². The molecule has 0 radical (unpaired) electrons. The van der Waals surface area contributed by atoms with E-state index in [1.54, 1.807) is 0 Å². The lowest BCUT2D eigenvalue weighted by Crippen LogP contribution is -2.47. The van der Waals surface area contributed by atoms with Crippen LogP contribution in [0.5, 0.6) is 0 Å². The second-order valence-corrected chi connectivity index (χ2v) is 7.43. The van der Waals surface area contributed by atoms with Gasteiger partial charge < -0.3 is 9.84 Å². The van der Waals surface area contributed by atoms with E-state index in [1.165, 1.54) is 0 Å². The van der Waals surface area contributed by atoms with Gasteiger partial charge in [0, 0.05) is 18.0 Å². The van der Waals surface area contributed by atoms with Gasteiger partial charge in [-0.2, -0.15) is 0 Å². The topological polar surface area (TPSA) is 84.2 Å². The first kappa shape index (κ1) is 18.5. The lowest BCUT2D eigenvalue weighted by Gasteiger charge is -2.39. The quantitative estimate of drug-likeness (QED) is 0.866. The first-order chi connectivity index (χ1) is 11.2. The van der Waals surface area contributed by atoms with Crippen LogP contribution in [0.15, 0.2) is 4.52 Å². The van der Waals surface area contributed by atoms with E-state index in [0.717, 1.165) is 17.7 Å². The summed E-state index contributed by atoms with van der Waals surface area (Å²) in [7, 11) is 0. The molecule has 0 saturated heterocycles. The molecule has 1 fully saturated rings. The molecule has 1 heterocycles. The molecule has 0 bridgehead atoms. The van der Waals surface area contributed by atoms with Crippen LogP contribution in [0.3, 0.4) is 0 Å². The molecule has 6 heteroatoms. The van der Waals surface area contributed by atoms with Crippen LogP contribution in [0.4, 0.5) is 5.88 Å². The zero-order chi connectivity index (χ0) is 18.1. The van der Waals surface area contributed by atoms with E-state index in [1.807, 2.05) is 41.5 Å². The normalized spacial score (nSPS) is 25.5. The van der Waals surface area contributed by atoms with E-state index in [-0.39, 0.29) is 17.7 Å². The van der Waals surface area contributed by atoms with E-state index in [9.17, 15) is 9.59 Å². The molecule has 1 aromatic rings. The number of carbonyl (C=O) groups is 2. The summed E-state index contributed by atoms with van der Waals surface area (Å²) in [5.41, 5.74) is 0.624. The van der Waals surface area contributed by atoms with E-state index in [0.29, 0.717) is 25.3 Å². The van der Waals surface area contributed by atoms with Crippen molar-refractivity contribution in [2.75, 3.05) is 11.9 Å². The second-order valence-electron chi connectivity index (χ2n) is 7.43. The summed E-state index contributed by atoms with van der Waals surface area (Å²) >= 11 is 0. The Hall–Kier alpha value is -1.85. The molecule has 1 aromatic heterocycles. The smallest absolute Gasteiger partial charge is 0.234 e. The first-order valence-electron chi connectivity index (χ1n) is 8.73. The monoisotopic (exact) mass is 335 g/mol. The summed E-state index contributed by atoms with van der Waals surface area (Å²) in [4.78, 5) is 25.4. The number of rotatable bonds is 5. The van der Waals surface area contributed by atoms with Crippen LogP contribution >= 0.6 is 0 Å². The van der Waals surface area contributed by atoms with Crippen LogP contribution in [0.2, 0.25) is 0 Å². The maximum atomic E-state index is 13.0. The van der Waals surface area contributed by atoms with Crippen molar-refractivity contribution in [2.45, 2.75) is 60.8 Å². The van der Waals surface area contributed by atoms with Crippen molar-refractivity contribution in [3.8, 4) is 0 Å². The number of carbonyl (C=O) groups excluding carboxylic acids is 2.